The van der Waals surface area contributed by atoms with Gasteiger partial charge in [0.1, 0.15) is 5.01 Å². The van der Waals surface area contributed by atoms with Crippen LogP contribution in [0.3, 0.4) is 0 Å². The SMILES string of the molecule is CCCCc1nnc(NC(=O)Cc2ccc(Cl)cc2Cl)s1. The van der Waals surface area contributed by atoms with Crippen molar-refractivity contribution in [2.75, 3.05) is 5.32 Å². The zero-order chi connectivity index (χ0) is 15.2. The first-order valence-electron chi connectivity index (χ1n) is 6.64. The standard InChI is InChI=1S/C14H15Cl2N3OS/c1-2-3-4-13-18-19-14(21-13)17-12(20)7-9-5-6-10(15)8-11(9)16/h5-6,8H,2-4,7H2,1H3,(H,17,19,20). The van der Waals surface area contributed by atoms with Crippen LogP contribution in [0.2, 0.25) is 10.0 Å². The molecule has 1 aromatic heterocycles. The third-order valence-electron chi connectivity index (χ3n) is 2.82. The summed E-state index contributed by atoms with van der Waals surface area (Å²) in [6.07, 6.45) is 3.26. The predicted octanol–water partition coefficient (Wildman–Crippen LogP) is 4.37. The van der Waals surface area contributed by atoms with E-state index in [1.165, 1.54) is 11.3 Å². The molecule has 4 nitrogen and oxygen atoms in total. The summed E-state index contributed by atoms with van der Waals surface area (Å²) in [5.41, 5.74) is 0.731. The second-order valence-electron chi connectivity index (χ2n) is 4.57. The van der Waals surface area contributed by atoms with Crippen LogP contribution in [0.15, 0.2) is 18.2 Å². The van der Waals surface area contributed by atoms with Crippen molar-refractivity contribution in [2.45, 2.75) is 32.6 Å². The fourth-order valence-electron chi connectivity index (χ4n) is 1.73. The predicted molar refractivity (Wildman–Crippen MR) is 87.3 cm³/mol. The van der Waals surface area contributed by atoms with E-state index < -0.39 is 0 Å². The molecule has 0 aliphatic heterocycles. The number of unbranched alkanes of at least 4 members (excludes halogenated alkanes) is 1. The maximum atomic E-state index is 12.0. The molecule has 0 atom stereocenters. The first kappa shape index (κ1) is 16.2. The Labute approximate surface area is 137 Å². The van der Waals surface area contributed by atoms with Crippen LogP contribution in [-0.4, -0.2) is 16.1 Å². The number of amides is 1. The molecular formula is C14H15Cl2N3OS. The molecule has 7 heteroatoms. The topological polar surface area (TPSA) is 54.9 Å². The molecule has 21 heavy (non-hydrogen) atoms. The van der Waals surface area contributed by atoms with Crippen LogP contribution in [0, 0.1) is 0 Å². The zero-order valence-electron chi connectivity index (χ0n) is 11.5. The van der Waals surface area contributed by atoms with Crippen molar-refractivity contribution in [1.29, 1.82) is 0 Å². The van der Waals surface area contributed by atoms with Gasteiger partial charge in [-0.15, -0.1) is 10.2 Å². The molecular weight excluding hydrogens is 329 g/mol. The van der Waals surface area contributed by atoms with E-state index in [0.717, 1.165) is 29.8 Å². The fraction of sp³-hybridized carbons (Fsp3) is 0.357. The molecule has 0 radical (unpaired) electrons. The molecule has 1 amide bonds. The largest absolute Gasteiger partial charge is 0.300 e. The van der Waals surface area contributed by atoms with Crippen LogP contribution in [-0.2, 0) is 17.6 Å². The molecule has 0 saturated carbocycles. The van der Waals surface area contributed by atoms with Crippen LogP contribution in [0.5, 0.6) is 0 Å². The highest BCUT2D eigenvalue weighted by molar-refractivity contribution is 7.15. The lowest BCUT2D eigenvalue weighted by atomic mass is 10.1. The fourth-order valence-corrected chi connectivity index (χ4v) is 3.01. The lowest BCUT2D eigenvalue weighted by Gasteiger charge is -2.04. The summed E-state index contributed by atoms with van der Waals surface area (Å²) in [4.78, 5) is 12.0. The summed E-state index contributed by atoms with van der Waals surface area (Å²) in [6, 6.07) is 5.08. The second kappa shape index (κ2) is 7.73. The Morgan fingerprint density at radius 3 is 2.86 bits per heavy atom. The van der Waals surface area contributed by atoms with Gasteiger partial charge >= 0.3 is 0 Å². The second-order valence-corrected chi connectivity index (χ2v) is 6.47. The van der Waals surface area contributed by atoms with Gasteiger partial charge in [0.2, 0.25) is 11.0 Å². The number of aryl methyl sites for hydroxylation is 1. The van der Waals surface area contributed by atoms with Gasteiger partial charge in [0.25, 0.3) is 0 Å². The molecule has 0 spiro atoms. The summed E-state index contributed by atoms with van der Waals surface area (Å²) in [5, 5.41) is 13.3. The van der Waals surface area contributed by atoms with Crippen LogP contribution in [0.1, 0.15) is 30.3 Å². The number of hydrogen-bond donors (Lipinski definition) is 1. The van der Waals surface area contributed by atoms with Gasteiger partial charge in [-0.2, -0.15) is 0 Å². The Bertz CT molecular complexity index is 630. The smallest absolute Gasteiger partial charge is 0.230 e. The van der Waals surface area contributed by atoms with Crippen molar-refractivity contribution < 1.29 is 4.79 Å². The average molecular weight is 344 g/mol. The number of nitrogens with zero attached hydrogens (tertiary/aromatic N) is 2. The van der Waals surface area contributed by atoms with Crippen LogP contribution < -0.4 is 5.32 Å². The number of benzene rings is 1. The monoisotopic (exact) mass is 343 g/mol. The van der Waals surface area contributed by atoms with E-state index in [4.69, 9.17) is 23.2 Å². The number of rotatable bonds is 6. The van der Waals surface area contributed by atoms with Crippen molar-refractivity contribution in [3.8, 4) is 0 Å². The van der Waals surface area contributed by atoms with Crippen LogP contribution in [0.4, 0.5) is 5.13 Å². The Hall–Kier alpha value is -1.17. The highest BCUT2D eigenvalue weighted by Gasteiger charge is 2.11. The van der Waals surface area contributed by atoms with Gasteiger partial charge in [-0.25, -0.2) is 0 Å². The molecule has 112 valence electrons. The third kappa shape index (κ3) is 4.95. The van der Waals surface area contributed by atoms with E-state index in [0.29, 0.717) is 15.2 Å². The van der Waals surface area contributed by atoms with Gasteiger partial charge in [0, 0.05) is 16.5 Å². The van der Waals surface area contributed by atoms with Gasteiger partial charge < -0.3 is 5.32 Å². The van der Waals surface area contributed by atoms with E-state index in [1.54, 1.807) is 18.2 Å². The molecule has 0 bridgehead atoms. The van der Waals surface area contributed by atoms with Crippen LogP contribution >= 0.6 is 34.5 Å². The van der Waals surface area contributed by atoms with Gasteiger partial charge in [0.15, 0.2) is 0 Å². The number of hydrogen-bond acceptors (Lipinski definition) is 4. The minimum absolute atomic E-state index is 0.169. The van der Waals surface area contributed by atoms with E-state index in [9.17, 15) is 4.79 Å². The first-order valence-corrected chi connectivity index (χ1v) is 8.22. The maximum absolute atomic E-state index is 12.0. The quantitative estimate of drug-likeness (QED) is 0.847. The number of carbonyl (C=O) groups is 1. The molecule has 1 aromatic carbocycles. The summed E-state index contributed by atoms with van der Waals surface area (Å²) in [7, 11) is 0. The Kier molecular flexibility index (Phi) is 5.96. The number of aromatic nitrogens is 2. The maximum Gasteiger partial charge on any atom is 0.230 e. The number of halogens is 2. The summed E-state index contributed by atoms with van der Waals surface area (Å²) in [6.45, 7) is 2.12. The van der Waals surface area contributed by atoms with Gasteiger partial charge in [-0.3, -0.25) is 4.79 Å². The molecule has 0 aliphatic carbocycles. The molecule has 2 aromatic rings. The molecule has 0 saturated heterocycles. The number of carbonyl (C=O) groups excluding carboxylic acids is 1. The molecule has 1 heterocycles. The Morgan fingerprint density at radius 2 is 2.14 bits per heavy atom. The molecule has 2 rings (SSSR count). The van der Waals surface area contributed by atoms with Crippen molar-refractivity contribution in [1.82, 2.24) is 10.2 Å². The van der Waals surface area contributed by atoms with E-state index >= 15 is 0 Å². The van der Waals surface area contributed by atoms with E-state index in [2.05, 4.69) is 22.4 Å². The van der Waals surface area contributed by atoms with Gasteiger partial charge in [0.05, 0.1) is 6.42 Å². The number of nitrogens with one attached hydrogen (secondary N) is 1. The highest BCUT2D eigenvalue weighted by Crippen LogP contribution is 2.22. The summed E-state index contributed by atoms with van der Waals surface area (Å²) in [5.74, 6) is -0.169. The van der Waals surface area contributed by atoms with E-state index in [1.807, 2.05) is 0 Å². The Morgan fingerprint density at radius 1 is 1.33 bits per heavy atom. The van der Waals surface area contributed by atoms with Crippen molar-refractivity contribution in [3.05, 3.63) is 38.8 Å². The van der Waals surface area contributed by atoms with Crippen molar-refractivity contribution in [3.63, 3.8) is 0 Å². The van der Waals surface area contributed by atoms with Crippen molar-refractivity contribution in [2.24, 2.45) is 0 Å². The highest BCUT2D eigenvalue weighted by atomic mass is 35.5. The third-order valence-corrected chi connectivity index (χ3v) is 4.31. The molecule has 0 fully saturated rings. The molecule has 0 unspecified atom stereocenters. The molecule has 0 aliphatic rings. The average Bonchev–Trinajstić information content (AvgIpc) is 2.87. The van der Waals surface area contributed by atoms with Crippen molar-refractivity contribution >= 4 is 45.6 Å². The van der Waals surface area contributed by atoms with E-state index in [-0.39, 0.29) is 12.3 Å². The summed E-state index contributed by atoms with van der Waals surface area (Å²) < 4.78 is 0. The minimum Gasteiger partial charge on any atom is -0.300 e. The lowest BCUT2D eigenvalue weighted by molar-refractivity contribution is -0.115. The lowest BCUT2D eigenvalue weighted by Crippen LogP contribution is -2.14. The Balaban J connectivity index is 1.93. The van der Waals surface area contributed by atoms with Gasteiger partial charge in [-0.1, -0.05) is 53.9 Å². The minimum atomic E-state index is -0.169. The summed E-state index contributed by atoms with van der Waals surface area (Å²) >= 11 is 13.3. The zero-order valence-corrected chi connectivity index (χ0v) is 13.9. The molecule has 1 N–H and O–H groups in total. The normalized spacial score (nSPS) is 10.6. The first-order chi connectivity index (χ1) is 10.1. The van der Waals surface area contributed by atoms with Gasteiger partial charge in [-0.05, 0) is 24.1 Å². The number of anilines is 1. The van der Waals surface area contributed by atoms with Crippen LogP contribution in [0.25, 0.3) is 0 Å².